The summed E-state index contributed by atoms with van der Waals surface area (Å²) in [5.74, 6) is 2.99. The molecule has 2 saturated carbocycles. The van der Waals surface area contributed by atoms with Crippen molar-refractivity contribution >= 4 is 0 Å². The van der Waals surface area contributed by atoms with Crippen molar-refractivity contribution in [3.63, 3.8) is 0 Å². The van der Waals surface area contributed by atoms with E-state index in [0.717, 1.165) is 17.8 Å². The van der Waals surface area contributed by atoms with E-state index in [2.05, 4.69) is 19.9 Å². The summed E-state index contributed by atoms with van der Waals surface area (Å²) >= 11 is 0. The van der Waals surface area contributed by atoms with Gasteiger partial charge in [0.2, 0.25) is 0 Å². The van der Waals surface area contributed by atoms with Gasteiger partial charge >= 0.3 is 0 Å². The second-order valence-corrected chi connectivity index (χ2v) is 7.77. The van der Waals surface area contributed by atoms with Crippen LogP contribution in [0.3, 0.4) is 0 Å². The molecule has 0 aliphatic heterocycles. The lowest BCUT2D eigenvalue weighted by Gasteiger charge is -2.38. The van der Waals surface area contributed by atoms with E-state index in [1.807, 2.05) is 6.26 Å². The van der Waals surface area contributed by atoms with Crippen LogP contribution in [-0.4, -0.2) is 6.10 Å². The fourth-order valence-corrected chi connectivity index (χ4v) is 4.65. The first-order chi connectivity index (χ1) is 10.8. The number of hydrogen-bond acceptors (Lipinski definition) is 1. The summed E-state index contributed by atoms with van der Waals surface area (Å²) in [6.45, 7) is 4.58. The quantitative estimate of drug-likeness (QED) is 0.351. The third-order valence-electron chi connectivity index (χ3n) is 6.01. The van der Waals surface area contributed by atoms with E-state index in [4.69, 9.17) is 4.74 Å². The van der Waals surface area contributed by atoms with Gasteiger partial charge in [-0.05, 0) is 75.2 Å². The number of allylic oxidation sites excluding steroid dienone is 1. The van der Waals surface area contributed by atoms with Crippen molar-refractivity contribution in [1.82, 2.24) is 0 Å². The predicted molar refractivity (Wildman–Crippen MR) is 95.9 cm³/mol. The van der Waals surface area contributed by atoms with Crippen LogP contribution in [0.5, 0.6) is 0 Å². The Labute approximate surface area is 138 Å². The Bertz CT molecular complexity index is 301. The Morgan fingerprint density at radius 3 is 2.45 bits per heavy atom. The van der Waals surface area contributed by atoms with E-state index < -0.39 is 0 Å². The second kappa shape index (κ2) is 10.3. The van der Waals surface area contributed by atoms with E-state index in [1.54, 1.807) is 0 Å². The predicted octanol–water partition coefficient (Wildman–Crippen LogP) is 6.87. The third kappa shape index (κ3) is 5.97. The van der Waals surface area contributed by atoms with Gasteiger partial charge in [0.15, 0.2) is 0 Å². The van der Waals surface area contributed by atoms with Gasteiger partial charge in [-0.25, -0.2) is 0 Å². The summed E-state index contributed by atoms with van der Waals surface area (Å²) in [5, 5.41) is 0. The van der Waals surface area contributed by atoms with Crippen LogP contribution in [-0.2, 0) is 4.74 Å². The second-order valence-electron chi connectivity index (χ2n) is 7.77. The zero-order valence-electron chi connectivity index (χ0n) is 15.1. The molecule has 1 nitrogen and oxygen atoms in total. The van der Waals surface area contributed by atoms with Crippen LogP contribution in [0.4, 0.5) is 0 Å². The smallest absolute Gasteiger partial charge is 0.0981 e. The summed E-state index contributed by atoms with van der Waals surface area (Å²) < 4.78 is 6.03. The van der Waals surface area contributed by atoms with E-state index in [9.17, 15) is 0 Å². The number of ether oxygens (including phenoxy) is 1. The standard InChI is InChI=1S/C21H38O/c1-3-5-6-7-16-22-21-11-8-10-20(17-21)19-14-12-18(9-4-2)13-15-19/h7,16,18-21H,3-6,8-15,17H2,1-2H3/t18-,19-,20-,21-/m1/s1. The van der Waals surface area contributed by atoms with E-state index in [1.165, 1.54) is 83.5 Å². The normalized spacial score (nSPS) is 33.2. The van der Waals surface area contributed by atoms with Gasteiger partial charge in [0.05, 0.1) is 12.4 Å². The highest BCUT2D eigenvalue weighted by molar-refractivity contribution is 4.84. The lowest BCUT2D eigenvalue weighted by atomic mass is 9.70. The van der Waals surface area contributed by atoms with Crippen molar-refractivity contribution in [1.29, 1.82) is 0 Å². The van der Waals surface area contributed by atoms with Crippen LogP contribution >= 0.6 is 0 Å². The summed E-state index contributed by atoms with van der Waals surface area (Å²) in [4.78, 5) is 0. The maximum atomic E-state index is 6.03. The Balaban J connectivity index is 1.68. The Kier molecular flexibility index (Phi) is 8.41. The maximum absolute atomic E-state index is 6.03. The van der Waals surface area contributed by atoms with Crippen LogP contribution in [0.25, 0.3) is 0 Å². The first kappa shape index (κ1) is 17.9. The van der Waals surface area contributed by atoms with Crippen molar-refractivity contribution in [3.8, 4) is 0 Å². The van der Waals surface area contributed by atoms with Crippen LogP contribution in [0.1, 0.15) is 97.3 Å². The van der Waals surface area contributed by atoms with Gasteiger partial charge in [0, 0.05) is 0 Å². The largest absolute Gasteiger partial charge is 0.498 e. The van der Waals surface area contributed by atoms with Crippen LogP contribution in [0, 0.1) is 17.8 Å². The lowest BCUT2D eigenvalue weighted by molar-refractivity contribution is 0.0510. The molecule has 22 heavy (non-hydrogen) atoms. The lowest BCUT2D eigenvalue weighted by Crippen LogP contribution is -2.29. The minimum atomic E-state index is 0.505. The minimum absolute atomic E-state index is 0.505. The fraction of sp³-hybridized carbons (Fsp3) is 0.905. The van der Waals surface area contributed by atoms with Crippen LogP contribution in [0.15, 0.2) is 12.3 Å². The summed E-state index contributed by atoms with van der Waals surface area (Å²) in [6.07, 6.45) is 22.7. The van der Waals surface area contributed by atoms with Gasteiger partial charge in [0.25, 0.3) is 0 Å². The molecule has 2 atom stereocenters. The average Bonchev–Trinajstić information content (AvgIpc) is 2.56. The Morgan fingerprint density at radius 1 is 0.909 bits per heavy atom. The monoisotopic (exact) mass is 306 g/mol. The van der Waals surface area contributed by atoms with E-state index in [0.29, 0.717) is 6.10 Å². The molecule has 0 unspecified atom stereocenters. The molecule has 2 rings (SSSR count). The fourth-order valence-electron chi connectivity index (χ4n) is 4.65. The van der Waals surface area contributed by atoms with Crippen molar-refractivity contribution in [2.45, 2.75) is 103 Å². The molecule has 0 saturated heterocycles. The summed E-state index contributed by atoms with van der Waals surface area (Å²) in [5.41, 5.74) is 0. The molecule has 0 N–H and O–H groups in total. The molecule has 0 bridgehead atoms. The molecule has 2 fully saturated rings. The molecule has 0 radical (unpaired) electrons. The molecule has 0 amide bonds. The summed E-state index contributed by atoms with van der Waals surface area (Å²) in [6, 6.07) is 0. The van der Waals surface area contributed by atoms with Gasteiger partial charge in [-0.2, -0.15) is 0 Å². The van der Waals surface area contributed by atoms with Gasteiger partial charge in [0.1, 0.15) is 0 Å². The van der Waals surface area contributed by atoms with E-state index in [-0.39, 0.29) is 0 Å². The molecule has 128 valence electrons. The third-order valence-corrected chi connectivity index (χ3v) is 6.01. The van der Waals surface area contributed by atoms with Crippen molar-refractivity contribution < 1.29 is 4.74 Å². The van der Waals surface area contributed by atoms with Gasteiger partial charge in [-0.15, -0.1) is 0 Å². The Hall–Kier alpha value is -0.460. The average molecular weight is 307 g/mol. The summed E-state index contributed by atoms with van der Waals surface area (Å²) in [7, 11) is 0. The van der Waals surface area contributed by atoms with Gasteiger partial charge in [-0.1, -0.05) is 46.0 Å². The van der Waals surface area contributed by atoms with Crippen LogP contribution in [0.2, 0.25) is 0 Å². The highest BCUT2D eigenvalue weighted by Crippen LogP contribution is 2.41. The van der Waals surface area contributed by atoms with Crippen molar-refractivity contribution in [2.24, 2.45) is 17.8 Å². The number of hydrogen-bond donors (Lipinski definition) is 0. The molecule has 0 aromatic rings. The molecule has 2 aliphatic rings. The van der Waals surface area contributed by atoms with E-state index >= 15 is 0 Å². The Morgan fingerprint density at radius 2 is 1.73 bits per heavy atom. The number of unbranched alkanes of at least 4 members (excludes halogenated alkanes) is 2. The maximum Gasteiger partial charge on any atom is 0.0981 e. The SMILES string of the molecule is CCCCC=CO[C@@H]1CCC[C@@H]([C@H]2CC[C@H](CCC)CC2)C1. The minimum Gasteiger partial charge on any atom is -0.498 e. The topological polar surface area (TPSA) is 9.23 Å². The highest BCUT2D eigenvalue weighted by Gasteiger charge is 2.31. The molecular formula is C21H38O. The van der Waals surface area contributed by atoms with Gasteiger partial charge in [-0.3, -0.25) is 0 Å². The first-order valence-electron chi connectivity index (χ1n) is 10.1. The van der Waals surface area contributed by atoms with Crippen molar-refractivity contribution in [2.75, 3.05) is 0 Å². The first-order valence-corrected chi connectivity index (χ1v) is 10.1. The zero-order chi connectivity index (χ0) is 15.6. The molecule has 1 heteroatoms. The highest BCUT2D eigenvalue weighted by atomic mass is 16.5. The molecular weight excluding hydrogens is 268 g/mol. The molecule has 0 aromatic carbocycles. The molecule has 0 spiro atoms. The molecule has 2 aliphatic carbocycles. The van der Waals surface area contributed by atoms with Crippen LogP contribution < -0.4 is 0 Å². The zero-order valence-corrected chi connectivity index (χ0v) is 15.1. The molecule has 0 aromatic heterocycles. The molecule has 0 heterocycles. The number of rotatable bonds is 8. The van der Waals surface area contributed by atoms with Gasteiger partial charge < -0.3 is 4.74 Å². The van der Waals surface area contributed by atoms with Crippen molar-refractivity contribution in [3.05, 3.63) is 12.3 Å².